The predicted molar refractivity (Wildman–Crippen MR) is 32.2 cm³/mol. The molecule has 8 heavy (non-hydrogen) atoms. The third kappa shape index (κ3) is 1.17. The highest BCUT2D eigenvalue weighted by molar-refractivity contribution is 6.28. The minimum absolute atomic E-state index is 0.366. The first kappa shape index (κ1) is 5.51. The average Bonchev–Trinajstić information content (AvgIpc) is 1.64. The monoisotopic (exact) mass is 131 g/mol. The summed E-state index contributed by atoms with van der Waals surface area (Å²) >= 11 is 5.43. The minimum Gasteiger partial charge on any atom is -0.479 e. The number of nitrogens with two attached hydrogens (primary N) is 1. The van der Waals surface area contributed by atoms with Crippen LogP contribution in [0.5, 0.6) is 0 Å². The topological polar surface area (TPSA) is 35.2 Å². The van der Waals surface area contributed by atoms with Gasteiger partial charge < -0.3 is 10.5 Å². The lowest BCUT2D eigenvalue weighted by atomic mass is 10.4. The van der Waals surface area contributed by atoms with Crippen LogP contribution in [0.4, 0.5) is 0 Å². The molecule has 0 aliphatic carbocycles. The molecule has 0 amide bonds. The second-order valence-electron chi connectivity index (χ2n) is 1.46. The van der Waals surface area contributed by atoms with E-state index in [1.54, 1.807) is 12.2 Å². The Kier molecular flexibility index (Phi) is 1.44. The first-order chi connectivity index (χ1) is 3.79. The summed E-state index contributed by atoms with van der Waals surface area (Å²) < 4.78 is 4.82. The number of ether oxygens (including phenoxy) is 1. The summed E-state index contributed by atoms with van der Waals surface area (Å²) in [6.07, 6.45) is 3.33. The summed E-state index contributed by atoms with van der Waals surface area (Å²) in [4.78, 5) is 0. The largest absolute Gasteiger partial charge is 0.479 e. The molecule has 0 unspecified atom stereocenters. The zero-order valence-electron chi connectivity index (χ0n) is 4.23. The van der Waals surface area contributed by atoms with Crippen molar-refractivity contribution in [3.8, 4) is 0 Å². The van der Waals surface area contributed by atoms with E-state index < -0.39 is 0 Å². The molecule has 1 rings (SSSR count). The Morgan fingerprint density at radius 3 is 2.88 bits per heavy atom. The molecule has 2 nitrogen and oxygen atoms in total. The number of rotatable bonds is 0. The summed E-state index contributed by atoms with van der Waals surface area (Å²) in [5, 5.41) is 0.366. The van der Waals surface area contributed by atoms with E-state index in [1.807, 2.05) is 0 Å². The summed E-state index contributed by atoms with van der Waals surface area (Å²) in [5.41, 5.74) is 6.01. The molecule has 1 aliphatic rings. The molecule has 0 aromatic carbocycles. The average molecular weight is 132 g/mol. The lowest BCUT2D eigenvalue weighted by Crippen LogP contribution is -2.02. The molecular weight excluding hydrogens is 126 g/mol. The standard InChI is InChI=1S/C5H6ClNO/c6-5-3-4(7)1-2-8-5/h1,3H,2,7H2. The van der Waals surface area contributed by atoms with Gasteiger partial charge in [0.15, 0.2) is 5.22 Å². The van der Waals surface area contributed by atoms with Crippen molar-refractivity contribution in [2.75, 3.05) is 6.61 Å². The fourth-order valence-electron chi connectivity index (χ4n) is 0.449. The minimum atomic E-state index is 0.366. The van der Waals surface area contributed by atoms with E-state index in [4.69, 9.17) is 22.1 Å². The third-order valence-corrected chi connectivity index (χ3v) is 1.04. The van der Waals surface area contributed by atoms with E-state index in [9.17, 15) is 0 Å². The molecule has 44 valence electrons. The number of hydrogen-bond acceptors (Lipinski definition) is 2. The van der Waals surface area contributed by atoms with Crippen molar-refractivity contribution < 1.29 is 4.74 Å². The normalized spacial score (nSPS) is 18.6. The van der Waals surface area contributed by atoms with Gasteiger partial charge in [0, 0.05) is 11.8 Å². The van der Waals surface area contributed by atoms with Gasteiger partial charge in [0.1, 0.15) is 6.61 Å². The SMILES string of the molecule is NC1=CCOC(Cl)=C1. The van der Waals surface area contributed by atoms with Gasteiger partial charge in [-0.3, -0.25) is 0 Å². The van der Waals surface area contributed by atoms with Gasteiger partial charge in [-0.15, -0.1) is 0 Å². The lowest BCUT2D eigenvalue weighted by Gasteiger charge is -2.05. The van der Waals surface area contributed by atoms with Crippen molar-refractivity contribution >= 4 is 11.6 Å². The maximum absolute atomic E-state index is 5.43. The van der Waals surface area contributed by atoms with Gasteiger partial charge in [-0.05, 0) is 17.7 Å². The van der Waals surface area contributed by atoms with E-state index in [1.165, 1.54) is 0 Å². The summed E-state index contributed by atoms with van der Waals surface area (Å²) in [6, 6.07) is 0. The summed E-state index contributed by atoms with van der Waals surface area (Å²) in [5.74, 6) is 0. The van der Waals surface area contributed by atoms with Crippen LogP contribution in [0.15, 0.2) is 23.1 Å². The molecule has 0 atom stereocenters. The number of halogens is 1. The molecule has 1 heterocycles. The van der Waals surface area contributed by atoms with Crippen molar-refractivity contribution in [3.05, 3.63) is 23.1 Å². The maximum Gasteiger partial charge on any atom is 0.189 e. The molecule has 2 N–H and O–H groups in total. The molecular formula is C5H6ClNO. The van der Waals surface area contributed by atoms with Crippen LogP contribution in [0.2, 0.25) is 0 Å². The molecule has 0 aromatic rings. The highest BCUT2D eigenvalue weighted by Crippen LogP contribution is 2.09. The molecule has 3 heteroatoms. The quantitative estimate of drug-likeness (QED) is 0.531. The van der Waals surface area contributed by atoms with Gasteiger partial charge in [0.25, 0.3) is 0 Å². The fraction of sp³-hybridized carbons (Fsp3) is 0.200. The van der Waals surface area contributed by atoms with E-state index in [0.717, 1.165) is 0 Å². The molecule has 0 bridgehead atoms. The Hall–Kier alpha value is -0.630. The molecule has 0 radical (unpaired) electrons. The Bertz CT molecular complexity index is 151. The van der Waals surface area contributed by atoms with E-state index in [2.05, 4.69) is 0 Å². The maximum atomic E-state index is 5.43. The van der Waals surface area contributed by atoms with Crippen LogP contribution in [0, 0.1) is 0 Å². The fourth-order valence-corrected chi connectivity index (χ4v) is 0.638. The molecule has 0 saturated carbocycles. The second-order valence-corrected chi connectivity index (χ2v) is 1.84. The van der Waals surface area contributed by atoms with Gasteiger partial charge in [0.05, 0.1) is 0 Å². The van der Waals surface area contributed by atoms with Crippen LogP contribution >= 0.6 is 11.6 Å². The van der Waals surface area contributed by atoms with Crippen molar-refractivity contribution in [2.24, 2.45) is 5.73 Å². The van der Waals surface area contributed by atoms with Gasteiger partial charge in [-0.1, -0.05) is 0 Å². The second kappa shape index (κ2) is 2.09. The van der Waals surface area contributed by atoms with Crippen LogP contribution in [0.1, 0.15) is 0 Å². The van der Waals surface area contributed by atoms with Crippen LogP contribution in [0.3, 0.4) is 0 Å². The highest BCUT2D eigenvalue weighted by Gasteiger charge is 1.97. The van der Waals surface area contributed by atoms with Crippen LogP contribution in [-0.2, 0) is 4.74 Å². The van der Waals surface area contributed by atoms with Gasteiger partial charge in [-0.2, -0.15) is 0 Å². The Labute approximate surface area is 52.6 Å². The Morgan fingerprint density at radius 1 is 1.75 bits per heavy atom. The molecule has 1 aliphatic heterocycles. The van der Waals surface area contributed by atoms with E-state index in [-0.39, 0.29) is 0 Å². The van der Waals surface area contributed by atoms with E-state index >= 15 is 0 Å². The summed E-state index contributed by atoms with van der Waals surface area (Å²) in [7, 11) is 0. The third-order valence-electron chi connectivity index (χ3n) is 0.820. The highest BCUT2D eigenvalue weighted by atomic mass is 35.5. The van der Waals surface area contributed by atoms with Crippen LogP contribution in [-0.4, -0.2) is 6.61 Å². The van der Waals surface area contributed by atoms with Crippen molar-refractivity contribution in [1.82, 2.24) is 0 Å². The molecule has 0 aromatic heterocycles. The zero-order valence-corrected chi connectivity index (χ0v) is 4.98. The smallest absolute Gasteiger partial charge is 0.189 e. The van der Waals surface area contributed by atoms with Crippen molar-refractivity contribution in [3.63, 3.8) is 0 Å². The molecule has 0 saturated heterocycles. The van der Waals surface area contributed by atoms with Gasteiger partial charge >= 0.3 is 0 Å². The van der Waals surface area contributed by atoms with Crippen LogP contribution in [0.25, 0.3) is 0 Å². The Morgan fingerprint density at radius 2 is 2.50 bits per heavy atom. The van der Waals surface area contributed by atoms with Gasteiger partial charge in [0.2, 0.25) is 0 Å². The lowest BCUT2D eigenvalue weighted by molar-refractivity contribution is 0.269. The summed E-state index contributed by atoms with van der Waals surface area (Å²) in [6.45, 7) is 0.487. The first-order valence-corrected chi connectivity index (χ1v) is 2.62. The van der Waals surface area contributed by atoms with Crippen molar-refractivity contribution in [1.29, 1.82) is 0 Å². The Balaban J connectivity index is 2.69. The molecule has 0 spiro atoms. The number of hydrogen-bond donors (Lipinski definition) is 1. The first-order valence-electron chi connectivity index (χ1n) is 2.24. The van der Waals surface area contributed by atoms with Crippen LogP contribution < -0.4 is 5.73 Å². The molecule has 0 fully saturated rings. The predicted octanol–water partition coefficient (Wildman–Crippen LogP) is 0.939. The van der Waals surface area contributed by atoms with E-state index in [0.29, 0.717) is 17.5 Å². The zero-order chi connectivity index (χ0) is 5.98. The van der Waals surface area contributed by atoms with Crippen molar-refractivity contribution in [2.45, 2.75) is 0 Å². The van der Waals surface area contributed by atoms with Gasteiger partial charge in [-0.25, -0.2) is 0 Å². The number of allylic oxidation sites excluding steroid dienone is 1.